The molecular weight excluding hydrogens is 568 g/mol. The van der Waals surface area contributed by atoms with E-state index in [2.05, 4.69) is 21.5 Å². The minimum atomic E-state index is -2.09. The molecule has 2 aliphatic rings. The number of aliphatic hydroxyl groups is 1. The van der Waals surface area contributed by atoms with Gasteiger partial charge in [-0.05, 0) is 42.7 Å². The Balaban J connectivity index is 1.64. The highest BCUT2D eigenvalue weighted by Gasteiger charge is 2.60. The lowest BCUT2D eigenvalue weighted by Crippen LogP contribution is -2.49. The van der Waals surface area contributed by atoms with E-state index in [1.807, 2.05) is 6.92 Å². The number of aliphatic hydroxyl groups excluding tert-OH is 1. The van der Waals surface area contributed by atoms with E-state index in [4.69, 9.17) is 19.9 Å². The van der Waals surface area contributed by atoms with Crippen molar-refractivity contribution in [1.29, 1.82) is 5.26 Å². The van der Waals surface area contributed by atoms with Crippen LogP contribution in [0.3, 0.4) is 0 Å². The molecule has 2 aromatic rings. The van der Waals surface area contributed by atoms with E-state index in [0.717, 1.165) is 32.1 Å². The topological polar surface area (TPSA) is 191 Å². The highest BCUT2D eigenvalue weighted by atomic mass is 16.6. The SMILES string of the molecule is CC[C@H](C)C(=O)Nc1ncnn2c([C@]3(C#N)O[C@H](COC(=O)CC4CCCCC4)[C@@H](OC(=O)[C@H](N)C(C)(C)C)[C@H]3O)ccc12. The second kappa shape index (κ2) is 13.6. The van der Waals surface area contributed by atoms with Crippen molar-refractivity contribution in [2.24, 2.45) is 23.0 Å². The normalized spacial score (nSPS) is 25.6. The Morgan fingerprint density at radius 2 is 1.98 bits per heavy atom. The fraction of sp³-hybridized carbons (Fsp3) is 0.677. The number of amides is 1. The van der Waals surface area contributed by atoms with Crippen molar-refractivity contribution in [3.63, 3.8) is 0 Å². The number of rotatable bonds is 10. The molecule has 13 heteroatoms. The summed E-state index contributed by atoms with van der Waals surface area (Å²) in [6, 6.07) is 4.12. The summed E-state index contributed by atoms with van der Waals surface area (Å²) in [6.45, 7) is 8.65. The van der Waals surface area contributed by atoms with E-state index in [1.165, 1.54) is 16.9 Å². The summed E-state index contributed by atoms with van der Waals surface area (Å²) in [4.78, 5) is 42.6. The van der Waals surface area contributed by atoms with Gasteiger partial charge in [0.25, 0.3) is 0 Å². The van der Waals surface area contributed by atoms with Crippen LogP contribution in [-0.2, 0) is 34.2 Å². The quantitative estimate of drug-likeness (QED) is 0.334. The zero-order chi connectivity index (χ0) is 32.2. The molecule has 4 N–H and O–H groups in total. The molecule has 1 saturated carbocycles. The maximum atomic E-state index is 13.1. The molecule has 1 aliphatic carbocycles. The molecule has 0 spiro atoms. The predicted octanol–water partition coefficient (Wildman–Crippen LogP) is 2.99. The number of carbonyl (C=O) groups excluding carboxylic acids is 3. The predicted molar refractivity (Wildman–Crippen MR) is 159 cm³/mol. The van der Waals surface area contributed by atoms with Crippen LogP contribution in [0, 0.1) is 28.6 Å². The summed E-state index contributed by atoms with van der Waals surface area (Å²) in [5.74, 6) is -1.27. The molecule has 0 bridgehead atoms. The van der Waals surface area contributed by atoms with Crippen LogP contribution in [0.2, 0.25) is 0 Å². The molecule has 0 radical (unpaired) electrons. The molecule has 0 aromatic carbocycles. The lowest BCUT2D eigenvalue weighted by Gasteiger charge is -2.29. The number of carbonyl (C=O) groups is 3. The molecule has 13 nitrogen and oxygen atoms in total. The lowest BCUT2D eigenvalue weighted by molar-refractivity contribution is -0.163. The maximum Gasteiger partial charge on any atom is 0.323 e. The Morgan fingerprint density at radius 3 is 2.61 bits per heavy atom. The molecule has 240 valence electrons. The van der Waals surface area contributed by atoms with Gasteiger partial charge in [0.2, 0.25) is 11.5 Å². The number of esters is 2. The van der Waals surface area contributed by atoms with Crippen LogP contribution in [0.25, 0.3) is 5.52 Å². The molecule has 1 saturated heterocycles. The summed E-state index contributed by atoms with van der Waals surface area (Å²) in [5, 5.41) is 29.2. The number of aromatic nitrogens is 3. The third-order valence-corrected chi connectivity index (χ3v) is 8.76. The molecular formula is C31H44N6O7. The third-order valence-electron chi connectivity index (χ3n) is 8.76. The van der Waals surface area contributed by atoms with Crippen LogP contribution in [0.4, 0.5) is 5.82 Å². The van der Waals surface area contributed by atoms with Gasteiger partial charge < -0.3 is 30.4 Å². The van der Waals surface area contributed by atoms with Gasteiger partial charge in [0.05, 0.1) is 5.69 Å². The molecule has 6 atom stereocenters. The second-order valence-electron chi connectivity index (χ2n) is 13.0. The van der Waals surface area contributed by atoms with Gasteiger partial charge in [-0.3, -0.25) is 14.4 Å². The van der Waals surface area contributed by atoms with Gasteiger partial charge in [-0.1, -0.05) is 53.9 Å². The van der Waals surface area contributed by atoms with E-state index in [9.17, 15) is 24.8 Å². The Morgan fingerprint density at radius 1 is 1.27 bits per heavy atom. The minimum Gasteiger partial charge on any atom is -0.463 e. The number of anilines is 1. The van der Waals surface area contributed by atoms with Gasteiger partial charge in [-0.25, -0.2) is 9.50 Å². The molecule has 0 unspecified atom stereocenters. The molecule has 1 amide bonds. The number of hydrogen-bond acceptors (Lipinski definition) is 11. The average Bonchev–Trinajstić information content (AvgIpc) is 3.55. The van der Waals surface area contributed by atoms with E-state index in [1.54, 1.807) is 33.8 Å². The lowest BCUT2D eigenvalue weighted by atomic mass is 9.87. The first-order valence-electron chi connectivity index (χ1n) is 15.3. The van der Waals surface area contributed by atoms with Gasteiger partial charge in [0.15, 0.2) is 11.9 Å². The van der Waals surface area contributed by atoms with Crippen LogP contribution in [0.15, 0.2) is 18.5 Å². The van der Waals surface area contributed by atoms with Crippen molar-refractivity contribution in [1.82, 2.24) is 14.6 Å². The van der Waals surface area contributed by atoms with Gasteiger partial charge >= 0.3 is 11.9 Å². The Kier molecular flexibility index (Phi) is 10.3. The number of nitrogens with two attached hydrogens (primary N) is 1. The minimum absolute atomic E-state index is 0.112. The number of fused-ring (bicyclic) bond motifs is 1. The summed E-state index contributed by atoms with van der Waals surface area (Å²) >= 11 is 0. The standard InChI is InChI=1S/C31H44N6O7/c1-6-18(2)28(40)36-27-20-12-13-22(37(20)35-17-34-27)31(16-32)26(39)24(43-29(41)25(33)30(3,4)5)21(44-31)15-42-23(38)14-19-10-8-7-9-11-19/h12-13,17-19,21,24-26,39H,6-11,14-15,33H2,1-5H3,(H,34,35,36,40)/t18-,21+,24+,25-,26+,31-/m0/s1. The van der Waals surface area contributed by atoms with Crippen LogP contribution < -0.4 is 11.1 Å². The Labute approximate surface area is 257 Å². The van der Waals surface area contributed by atoms with Crippen molar-refractivity contribution < 1.29 is 33.7 Å². The fourth-order valence-corrected chi connectivity index (χ4v) is 5.60. The number of nitrogens with one attached hydrogen (secondary N) is 1. The fourth-order valence-electron chi connectivity index (χ4n) is 5.60. The first kappa shape index (κ1) is 33.3. The van der Waals surface area contributed by atoms with Gasteiger partial charge in [0, 0.05) is 12.3 Å². The van der Waals surface area contributed by atoms with Gasteiger partial charge in [0.1, 0.15) is 42.8 Å². The van der Waals surface area contributed by atoms with E-state index >= 15 is 0 Å². The van der Waals surface area contributed by atoms with Crippen LogP contribution in [0.5, 0.6) is 0 Å². The number of hydrogen-bond donors (Lipinski definition) is 3. The van der Waals surface area contributed by atoms with Crippen molar-refractivity contribution >= 4 is 29.2 Å². The maximum absolute atomic E-state index is 13.1. The Bertz CT molecular complexity index is 1390. The van der Waals surface area contributed by atoms with Gasteiger partial charge in [-0.15, -0.1) is 0 Å². The Hall–Kier alpha value is -3.60. The molecule has 2 fully saturated rings. The first-order valence-corrected chi connectivity index (χ1v) is 15.3. The molecule has 44 heavy (non-hydrogen) atoms. The number of ether oxygens (including phenoxy) is 3. The van der Waals surface area contributed by atoms with Crippen LogP contribution in [-0.4, -0.2) is 68.5 Å². The van der Waals surface area contributed by atoms with E-state index in [-0.39, 0.29) is 42.3 Å². The van der Waals surface area contributed by atoms with Crippen molar-refractivity contribution in [3.8, 4) is 6.07 Å². The van der Waals surface area contributed by atoms with E-state index in [0.29, 0.717) is 11.9 Å². The van der Waals surface area contributed by atoms with Crippen LogP contribution in [0.1, 0.15) is 85.3 Å². The summed E-state index contributed by atoms with van der Waals surface area (Å²) in [7, 11) is 0. The van der Waals surface area contributed by atoms with Crippen molar-refractivity contribution in [3.05, 3.63) is 24.2 Å². The largest absolute Gasteiger partial charge is 0.463 e. The highest BCUT2D eigenvalue weighted by molar-refractivity contribution is 5.94. The molecule has 2 aromatic heterocycles. The summed E-state index contributed by atoms with van der Waals surface area (Å²) in [6.07, 6.45) is 3.02. The summed E-state index contributed by atoms with van der Waals surface area (Å²) < 4.78 is 18.8. The highest BCUT2D eigenvalue weighted by Crippen LogP contribution is 2.42. The molecule has 3 heterocycles. The zero-order valence-corrected chi connectivity index (χ0v) is 26.1. The second-order valence-corrected chi connectivity index (χ2v) is 13.0. The zero-order valence-electron chi connectivity index (χ0n) is 26.1. The van der Waals surface area contributed by atoms with Crippen molar-refractivity contribution in [2.45, 2.75) is 110 Å². The average molecular weight is 613 g/mol. The van der Waals surface area contributed by atoms with Gasteiger partial charge in [-0.2, -0.15) is 10.4 Å². The number of nitriles is 1. The molecule has 1 aliphatic heterocycles. The monoisotopic (exact) mass is 612 g/mol. The number of nitrogens with zero attached hydrogens (tertiary/aromatic N) is 4. The molecule has 4 rings (SSSR count). The first-order chi connectivity index (χ1) is 20.8. The smallest absolute Gasteiger partial charge is 0.323 e. The van der Waals surface area contributed by atoms with Crippen molar-refractivity contribution in [2.75, 3.05) is 11.9 Å². The summed E-state index contributed by atoms with van der Waals surface area (Å²) in [5.41, 5.74) is 3.87. The third kappa shape index (κ3) is 6.87. The van der Waals surface area contributed by atoms with E-state index < -0.39 is 47.3 Å². The van der Waals surface area contributed by atoms with Crippen LogP contribution >= 0.6 is 0 Å².